The van der Waals surface area contributed by atoms with Crippen molar-refractivity contribution in [3.8, 4) is 0 Å². The number of hydrogen-bond donors (Lipinski definition) is 2. The van der Waals surface area contributed by atoms with Crippen LogP contribution in [0.3, 0.4) is 0 Å². The third-order valence-electron chi connectivity index (χ3n) is 0.934. The molecule has 0 aliphatic rings. The molecular formula is C4H7FN6. The maximum absolute atomic E-state index is 12.4. The molecule has 0 spiro atoms. The molecular weight excluding hydrogens is 151 g/mol. The van der Waals surface area contributed by atoms with Crippen LogP contribution < -0.4 is 16.6 Å². The summed E-state index contributed by atoms with van der Waals surface area (Å²) >= 11 is 0. The molecule has 0 saturated carbocycles. The number of anilines is 3. The van der Waals surface area contributed by atoms with E-state index >= 15 is 0 Å². The highest BCUT2D eigenvalue weighted by Gasteiger charge is 2.04. The zero-order chi connectivity index (χ0) is 8.43. The summed E-state index contributed by atoms with van der Waals surface area (Å²) in [5.41, 5.74) is 10.3. The van der Waals surface area contributed by atoms with Crippen LogP contribution in [0.5, 0.6) is 0 Å². The standard InChI is InChI=1S/C4H7FN6/c1-11(5)4-9-2(6)8-3(7)10-4/h1H3,(H4,6,7,8,9,10). The van der Waals surface area contributed by atoms with Gasteiger partial charge in [0.1, 0.15) is 0 Å². The predicted molar refractivity (Wildman–Crippen MR) is 38.2 cm³/mol. The normalized spacial score (nSPS) is 9.64. The van der Waals surface area contributed by atoms with E-state index in [1.165, 1.54) is 0 Å². The Labute approximate surface area is 62.0 Å². The topological polar surface area (TPSA) is 94.0 Å². The SMILES string of the molecule is CN(F)c1nc(N)nc(N)n1. The van der Waals surface area contributed by atoms with Crippen LogP contribution in [0, 0.1) is 0 Å². The van der Waals surface area contributed by atoms with E-state index in [-0.39, 0.29) is 23.0 Å². The highest BCUT2D eigenvalue weighted by Crippen LogP contribution is 2.07. The van der Waals surface area contributed by atoms with Gasteiger partial charge in [-0.25, -0.2) is 0 Å². The third-order valence-corrected chi connectivity index (χ3v) is 0.934. The van der Waals surface area contributed by atoms with Crippen molar-refractivity contribution in [2.45, 2.75) is 0 Å². The molecule has 60 valence electrons. The van der Waals surface area contributed by atoms with Gasteiger partial charge in [-0.05, 0) is 0 Å². The first-order valence-corrected chi connectivity index (χ1v) is 2.76. The van der Waals surface area contributed by atoms with Crippen LogP contribution in [0.4, 0.5) is 22.3 Å². The van der Waals surface area contributed by atoms with Crippen LogP contribution >= 0.6 is 0 Å². The van der Waals surface area contributed by atoms with Crippen LogP contribution in [0.15, 0.2) is 0 Å². The number of hydrogen-bond acceptors (Lipinski definition) is 6. The van der Waals surface area contributed by atoms with Crippen molar-refractivity contribution in [2.75, 3.05) is 23.6 Å². The number of aromatic nitrogens is 3. The Morgan fingerprint density at radius 2 is 1.64 bits per heavy atom. The maximum atomic E-state index is 12.4. The van der Waals surface area contributed by atoms with Crippen LogP contribution in [0.1, 0.15) is 0 Å². The van der Waals surface area contributed by atoms with E-state index in [2.05, 4.69) is 15.0 Å². The smallest absolute Gasteiger partial charge is 0.260 e. The molecule has 0 unspecified atom stereocenters. The minimum absolute atomic E-state index is 0.1000. The van der Waals surface area contributed by atoms with Crippen LogP contribution in [-0.4, -0.2) is 22.0 Å². The van der Waals surface area contributed by atoms with Crippen molar-refractivity contribution in [1.29, 1.82) is 0 Å². The van der Waals surface area contributed by atoms with Gasteiger partial charge in [-0.3, -0.25) is 0 Å². The molecule has 0 bridgehead atoms. The Morgan fingerprint density at radius 1 is 1.18 bits per heavy atom. The van der Waals surface area contributed by atoms with Crippen LogP contribution in [-0.2, 0) is 0 Å². The minimum Gasteiger partial charge on any atom is -0.368 e. The van der Waals surface area contributed by atoms with E-state index in [1.54, 1.807) is 0 Å². The Bertz CT molecular complexity index is 241. The largest absolute Gasteiger partial charge is 0.368 e. The highest BCUT2D eigenvalue weighted by molar-refractivity contribution is 5.36. The average molecular weight is 158 g/mol. The van der Waals surface area contributed by atoms with Gasteiger partial charge in [0, 0.05) is 7.05 Å². The molecule has 0 saturated heterocycles. The number of halogens is 1. The molecule has 0 radical (unpaired) electrons. The first-order chi connectivity index (χ1) is 5.09. The fourth-order valence-electron chi connectivity index (χ4n) is 0.535. The molecule has 11 heavy (non-hydrogen) atoms. The van der Waals surface area contributed by atoms with E-state index in [0.29, 0.717) is 0 Å². The van der Waals surface area contributed by atoms with Crippen LogP contribution in [0.2, 0.25) is 0 Å². The molecule has 0 aromatic carbocycles. The lowest BCUT2D eigenvalue weighted by Gasteiger charge is -2.04. The van der Waals surface area contributed by atoms with Crippen molar-refractivity contribution in [2.24, 2.45) is 0 Å². The molecule has 1 aromatic heterocycles. The fourth-order valence-corrected chi connectivity index (χ4v) is 0.535. The van der Waals surface area contributed by atoms with Crippen molar-refractivity contribution in [1.82, 2.24) is 15.0 Å². The zero-order valence-corrected chi connectivity index (χ0v) is 5.82. The lowest BCUT2D eigenvalue weighted by atomic mass is 10.8. The second kappa shape index (κ2) is 2.52. The van der Waals surface area contributed by atoms with Crippen molar-refractivity contribution in [3.63, 3.8) is 0 Å². The first kappa shape index (κ1) is 7.45. The summed E-state index contributed by atoms with van der Waals surface area (Å²) < 4.78 is 12.4. The highest BCUT2D eigenvalue weighted by atomic mass is 19.2. The van der Waals surface area contributed by atoms with Gasteiger partial charge in [0.25, 0.3) is 5.95 Å². The third kappa shape index (κ3) is 1.63. The van der Waals surface area contributed by atoms with Crippen molar-refractivity contribution >= 4 is 17.8 Å². The van der Waals surface area contributed by atoms with Gasteiger partial charge < -0.3 is 11.5 Å². The molecule has 1 aromatic rings. The molecule has 1 heterocycles. The number of nitrogens with two attached hydrogens (primary N) is 2. The average Bonchev–Trinajstić information content (AvgIpc) is 1.85. The van der Waals surface area contributed by atoms with Gasteiger partial charge in [-0.2, -0.15) is 20.1 Å². The summed E-state index contributed by atoms with van der Waals surface area (Å²) in [7, 11) is 1.13. The van der Waals surface area contributed by atoms with Gasteiger partial charge in [-0.15, -0.1) is 0 Å². The van der Waals surface area contributed by atoms with Crippen molar-refractivity contribution in [3.05, 3.63) is 0 Å². The molecule has 0 aliphatic heterocycles. The van der Waals surface area contributed by atoms with Gasteiger partial charge in [0.05, 0.1) is 0 Å². The number of nitrogens with zero attached hydrogens (tertiary/aromatic N) is 4. The number of rotatable bonds is 1. The lowest BCUT2D eigenvalue weighted by Crippen LogP contribution is -2.12. The van der Waals surface area contributed by atoms with E-state index in [0.717, 1.165) is 7.05 Å². The molecule has 4 N–H and O–H groups in total. The van der Waals surface area contributed by atoms with Crippen molar-refractivity contribution < 1.29 is 4.48 Å². The van der Waals surface area contributed by atoms with Gasteiger partial charge in [0.2, 0.25) is 11.9 Å². The number of nitrogen functional groups attached to an aromatic ring is 2. The van der Waals surface area contributed by atoms with Crippen LogP contribution in [0.25, 0.3) is 0 Å². The zero-order valence-electron chi connectivity index (χ0n) is 5.82. The monoisotopic (exact) mass is 158 g/mol. The predicted octanol–water partition coefficient (Wildman–Crippen LogP) is -0.643. The van der Waals surface area contributed by atoms with E-state index in [4.69, 9.17) is 11.5 Å². The van der Waals surface area contributed by atoms with Gasteiger partial charge in [0.15, 0.2) is 0 Å². The Balaban J connectivity index is 3.08. The molecule has 0 amide bonds. The van der Waals surface area contributed by atoms with Gasteiger partial charge in [-0.1, -0.05) is 4.48 Å². The molecule has 0 fully saturated rings. The Kier molecular flexibility index (Phi) is 1.71. The molecule has 0 atom stereocenters. The molecule has 7 heteroatoms. The summed E-state index contributed by atoms with van der Waals surface area (Å²) in [6.45, 7) is 0. The maximum Gasteiger partial charge on any atom is 0.260 e. The van der Waals surface area contributed by atoms with E-state index < -0.39 is 0 Å². The summed E-state index contributed by atoms with van der Waals surface area (Å²) in [5.74, 6) is -0.399. The second-order valence-electron chi connectivity index (χ2n) is 1.83. The summed E-state index contributed by atoms with van der Waals surface area (Å²) in [5, 5.41) is 0.203. The van der Waals surface area contributed by atoms with E-state index in [9.17, 15) is 4.48 Å². The first-order valence-electron chi connectivity index (χ1n) is 2.76. The Morgan fingerprint density at radius 3 is 2.00 bits per heavy atom. The minimum atomic E-state index is -0.199. The fraction of sp³-hybridized carbons (Fsp3) is 0.250. The summed E-state index contributed by atoms with van der Waals surface area (Å²) in [4.78, 5) is 10.4. The molecule has 6 nitrogen and oxygen atoms in total. The molecule has 1 rings (SSSR count). The molecule has 0 aliphatic carbocycles. The summed E-state index contributed by atoms with van der Waals surface area (Å²) in [6.07, 6.45) is 0. The quantitative estimate of drug-likeness (QED) is 0.528. The Hall–Kier alpha value is -1.66. The van der Waals surface area contributed by atoms with E-state index in [1.807, 2.05) is 0 Å². The lowest BCUT2D eigenvalue weighted by molar-refractivity contribution is 0.463. The second-order valence-corrected chi connectivity index (χ2v) is 1.83. The van der Waals surface area contributed by atoms with Gasteiger partial charge >= 0.3 is 0 Å². The summed E-state index contributed by atoms with van der Waals surface area (Å²) in [6, 6.07) is 0.